The molecule has 0 spiro atoms. The first-order valence-corrected chi connectivity index (χ1v) is 10.8. The van der Waals surface area contributed by atoms with Crippen LogP contribution >= 0.6 is 0 Å². The van der Waals surface area contributed by atoms with Crippen LogP contribution in [0.4, 0.5) is 21.0 Å². The Morgan fingerprint density at radius 2 is 1.62 bits per heavy atom. The normalized spacial score (nSPS) is 11.2. The lowest BCUT2D eigenvalue weighted by Gasteiger charge is -2.16. The lowest BCUT2D eigenvalue weighted by molar-refractivity contribution is -0.119. The lowest BCUT2D eigenvalue weighted by atomic mass is 10.2. The highest BCUT2D eigenvalue weighted by Crippen LogP contribution is 2.29. The molecule has 182 valence electrons. The Balaban J connectivity index is 2.45. The van der Waals surface area contributed by atoms with Gasteiger partial charge in [0, 0.05) is 13.2 Å². The minimum absolute atomic E-state index is 0.00395. The van der Waals surface area contributed by atoms with E-state index in [2.05, 4.69) is 30.4 Å². The first-order chi connectivity index (χ1) is 16.2. The van der Waals surface area contributed by atoms with Crippen molar-refractivity contribution >= 4 is 45.5 Å². The van der Waals surface area contributed by atoms with Crippen molar-refractivity contribution in [2.45, 2.75) is 4.90 Å². The molecule has 13 nitrogen and oxygen atoms in total. The van der Waals surface area contributed by atoms with Gasteiger partial charge in [0.1, 0.15) is 17.3 Å². The second-order valence-corrected chi connectivity index (χ2v) is 7.76. The van der Waals surface area contributed by atoms with Crippen LogP contribution in [-0.2, 0) is 29.1 Å². The smallest absolute Gasteiger partial charge is 0.436 e. The maximum Gasteiger partial charge on any atom is 0.436 e. The molecular weight excluding hydrogens is 472 g/mol. The topological polar surface area (TPSA) is 171 Å². The van der Waals surface area contributed by atoms with E-state index < -0.39 is 34.2 Å². The first-order valence-electron chi connectivity index (χ1n) is 9.39. The molecule has 0 heterocycles. The van der Waals surface area contributed by atoms with E-state index in [1.165, 1.54) is 49.6 Å². The van der Waals surface area contributed by atoms with Crippen molar-refractivity contribution in [1.82, 2.24) is 5.32 Å². The third kappa shape index (κ3) is 7.75. The van der Waals surface area contributed by atoms with E-state index in [0.717, 1.165) is 14.2 Å². The van der Waals surface area contributed by atoms with E-state index >= 15 is 0 Å². The number of methoxy groups -OCH3 is 3. The van der Waals surface area contributed by atoms with Crippen molar-refractivity contribution in [3.05, 3.63) is 48.5 Å². The molecule has 0 saturated heterocycles. The van der Waals surface area contributed by atoms with Crippen LogP contribution in [0.3, 0.4) is 0 Å². The Bertz CT molecular complexity index is 1170. The van der Waals surface area contributed by atoms with Crippen molar-refractivity contribution in [3.63, 3.8) is 0 Å². The van der Waals surface area contributed by atoms with Crippen LogP contribution in [-0.4, -0.2) is 60.4 Å². The quantitative estimate of drug-likeness (QED) is 0.293. The van der Waals surface area contributed by atoms with Crippen molar-refractivity contribution in [1.29, 1.82) is 0 Å². The molecule has 0 aliphatic heterocycles. The summed E-state index contributed by atoms with van der Waals surface area (Å²) in [5.74, 6) is -1.13. The number of anilines is 2. The van der Waals surface area contributed by atoms with Gasteiger partial charge in [-0.2, -0.15) is 8.42 Å². The minimum atomic E-state index is -4.18. The summed E-state index contributed by atoms with van der Waals surface area (Å²) < 4.78 is 44.0. The molecule has 0 fully saturated rings. The van der Waals surface area contributed by atoms with E-state index in [4.69, 9.17) is 8.92 Å². The Morgan fingerprint density at radius 1 is 0.912 bits per heavy atom. The number of rotatable bonds is 7. The highest BCUT2D eigenvalue weighted by atomic mass is 32.2. The second-order valence-electron chi connectivity index (χ2n) is 6.21. The van der Waals surface area contributed by atoms with Crippen LogP contribution in [0.15, 0.2) is 58.4 Å². The summed E-state index contributed by atoms with van der Waals surface area (Å²) in [7, 11) is -0.695. The number of carbonyl (C=O) groups is 3. The molecule has 0 bridgehead atoms. The van der Waals surface area contributed by atoms with Crippen molar-refractivity contribution in [2.24, 2.45) is 4.99 Å². The zero-order chi connectivity index (χ0) is 25.1. The van der Waals surface area contributed by atoms with Gasteiger partial charge in [-0.25, -0.2) is 9.59 Å². The van der Waals surface area contributed by atoms with Gasteiger partial charge in [0.15, 0.2) is 0 Å². The predicted molar refractivity (Wildman–Crippen MR) is 120 cm³/mol. The minimum Gasteiger partial charge on any atom is -0.453 e. The summed E-state index contributed by atoms with van der Waals surface area (Å²) in [6, 6.07) is 11.3. The number of carbonyl (C=O) groups excluding carboxylic acids is 3. The SMILES string of the molecule is COCC(=O)Nc1ccc(OS(=O)(=O)c2ccccc2)cc1N/C(=N/C(=O)OC)NC(=O)OC. The van der Waals surface area contributed by atoms with Crippen LogP contribution in [0, 0.1) is 0 Å². The van der Waals surface area contributed by atoms with Gasteiger partial charge >= 0.3 is 22.3 Å². The Kier molecular flexibility index (Phi) is 9.34. The lowest BCUT2D eigenvalue weighted by Crippen LogP contribution is -2.37. The molecule has 3 amide bonds. The maximum atomic E-state index is 12.6. The van der Waals surface area contributed by atoms with Gasteiger partial charge in [0.05, 0.1) is 25.6 Å². The molecule has 0 radical (unpaired) electrons. The van der Waals surface area contributed by atoms with Crippen LogP contribution in [0.2, 0.25) is 0 Å². The Morgan fingerprint density at radius 3 is 2.24 bits per heavy atom. The average Bonchev–Trinajstić information content (AvgIpc) is 2.81. The second kappa shape index (κ2) is 12.2. The van der Waals surface area contributed by atoms with Crippen LogP contribution in [0.5, 0.6) is 5.75 Å². The fourth-order valence-corrected chi connectivity index (χ4v) is 3.31. The standard InChI is InChI=1S/C20H22N4O9S/c1-30-12-17(25)21-15-10-9-13(33-34(28,29)14-7-5-4-6-8-14)11-16(15)22-18(23-19(26)31-2)24-20(27)32-3/h4-11H,12H2,1-3H3,(H,21,25)(H2,22,23,24,26,27). The van der Waals surface area contributed by atoms with Crippen LogP contribution in [0.25, 0.3) is 0 Å². The summed E-state index contributed by atoms with van der Waals surface area (Å²) in [6.45, 7) is -0.274. The van der Waals surface area contributed by atoms with Crippen molar-refractivity contribution < 1.29 is 41.2 Å². The van der Waals surface area contributed by atoms with Crippen molar-refractivity contribution in [3.8, 4) is 5.75 Å². The summed E-state index contributed by atoms with van der Waals surface area (Å²) >= 11 is 0. The molecule has 3 N–H and O–H groups in total. The Labute approximate surface area is 195 Å². The van der Waals surface area contributed by atoms with Gasteiger partial charge in [-0.1, -0.05) is 18.2 Å². The zero-order valence-corrected chi connectivity index (χ0v) is 19.2. The number of nitrogens with zero attached hydrogens (tertiary/aromatic N) is 1. The van der Waals surface area contributed by atoms with Gasteiger partial charge in [-0.05, 0) is 24.3 Å². The van der Waals surface area contributed by atoms with Gasteiger partial charge in [0.2, 0.25) is 11.9 Å². The molecule has 0 aliphatic rings. The fourth-order valence-electron chi connectivity index (χ4n) is 2.37. The van der Waals surface area contributed by atoms with E-state index in [9.17, 15) is 22.8 Å². The number of hydrogen-bond donors (Lipinski definition) is 3. The summed E-state index contributed by atoms with van der Waals surface area (Å²) in [6.07, 6.45) is -2.04. The molecule has 0 aromatic heterocycles. The average molecular weight is 494 g/mol. The summed E-state index contributed by atoms with van der Waals surface area (Å²) in [4.78, 5) is 38.7. The molecule has 0 aliphatic carbocycles. The number of hydrogen-bond acceptors (Lipinski definition) is 9. The molecule has 0 unspecified atom stereocenters. The van der Waals surface area contributed by atoms with Crippen LogP contribution < -0.4 is 20.1 Å². The highest BCUT2D eigenvalue weighted by Gasteiger charge is 2.19. The monoisotopic (exact) mass is 494 g/mol. The molecule has 34 heavy (non-hydrogen) atoms. The molecule has 14 heteroatoms. The maximum absolute atomic E-state index is 12.6. The Hall–Kier alpha value is -4.17. The fraction of sp³-hybridized carbons (Fsp3) is 0.200. The van der Waals surface area contributed by atoms with E-state index in [1.54, 1.807) is 6.07 Å². The predicted octanol–water partition coefficient (Wildman–Crippen LogP) is 1.93. The van der Waals surface area contributed by atoms with Gasteiger partial charge in [-0.15, -0.1) is 4.99 Å². The molecule has 0 saturated carbocycles. The number of aliphatic imine (C=N–C) groups is 1. The molecule has 2 aromatic carbocycles. The largest absolute Gasteiger partial charge is 0.453 e. The van der Waals surface area contributed by atoms with Crippen LogP contribution in [0.1, 0.15) is 0 Å². The molecule has 0 atom stereocenters. The zero-order valence-electron chi connectivity index (χ0n) is 18.4. The van der Waals surface area contributed by atoms with E-state index in [0.29, 0.717) is 0 Å². The number of ether oxygens (including phenoxy) is 3. The number of amides is 3. The van der Waals surface area contributed by atoms with Gasteiger partial charge in [-0.3, -0.25) is 10.1 Å². The number of alkyl carbamates (subject to hydrolysis) is 1. The number of guanidine groups is 1. The molecular formula is C20H22N4O9S. The molecule has 2 aromatic rings. The third-order valence-corrected chi connectivity index (χ3v) is 5.08. The van der Waals surface area contributed by atoms with Gasteiger partial charge < -0.3 is 29.0 Å². The first kappa shape index (κ1) is 26.1. The van der Waals surface area contributed by atoms with E-state index in [-0.39, 0.29) is 28.6 Å². The molecule has 2 rings (SSSR count). The summed E-state index contributed by atoms with van der Waals surface area (Å²) in [5, 5.41) is 7.29. The highest BCUT2D eigenvalue weighted by molar-refractivity contribution is 7.87. The number of nitrogens with one attached hydrogen (secondary N) is 3. The third-order valence-electron chi connectivity index (χ3n) is 3.82. The van der Waals surface area contributed by atoms with Crippen molar-refractivity contribution in [2.75, 3.05) is 38.6 Å². The van der Waals surface area contributed by atoms with E-state index in [1.807, 2.05) is 0 Å². The van der Waals surface area contributed by atoms with Gasteiger partial charge in [0.25, 0.3) is 0 Å². The summed E-state index contributed by atoms with van der Waals surface area (Å²) in [5.41, 5.74) is 0.125. The number of benzene rings is 2.